The van der Waals surface area contributed by atoms with Crippen LogP contribution in [0.2, 0.25) is 0 Å². The molecule has 1 N–H and O–H groups in total. The fraction of sp³-hybridized carbons (Fsp3) is 0.375. The molecular formula is C24H28N4O2S. The molecule has 6 nitrogen and oxygen atoms in total. The van der Waals surface area contributed by atoms with Crippen LogP contribution in [0, 0.1) is 5.92 Å². The number of ether oxygens (including phenoxy) is 1. The lowest BCUT2D eigenvalue weighted by Crippen LogP contribution is -2.26. The second kappa shape index (κ2) is 10.5. The molecule has 1 fully saturated rings. The molecule has 0 spiro atoms. The maximum Gasteiger partial charge on any atom is 0.220 e. The number of carbonyl (C=O) groups is 1. The smallest absolute Gasteiger partial charge is 0.220 e. The standard InChI is InChI=1S/C24H28N4O2S/c1-30-21-13-11-20(12-14-21)28-22(16-25-23(29)15-18-7-5-6-8-18)26-27-24(28)31-17-19-9-3-2-4-10-19/h2-4,9-14,18H,5-8,15-17H2,1H3,(H,25,29). The summed E-state index contributed by atoms with van der Waals surface area (Å²) < 4.78 is 7.31. The van der Waals surface area contributed by atoms with Crippen molar-refractivity contribution in [2.75, 3.05) is 7.11 Å². The van der Waals surface area contributed by atoms with E-state index in [0.29, 0.717) is 18.9 Å². The van der Waals surface area contributed by atoms with Gasteiger partial charge in [0.05, 0.1) is 13.7 Å². The van der Waals surface area contributed by atoms with Crippen LogP contribution in [0.1, 0.15) is 43.5 Å². The van der Waals surface area contributed by atoms with Gasteiger partial charge in [0.25, 0.3) is 0 Å². The maximum atomic E-state index is 12.4. The lowest BCUT2D eigenvalue weighted by Gasteiger charge is -2.13. The Balaban J connectivity index is 1.50. The molecule has 0 aliphatic heterocycles. The Morgan fingerprint density at radius 3 is 2.55 bits per heavy atom. The van der Waals surface area contributed by atoms with E-state index in [1.54, 1.807) is 18.9 Å². The number of carbonyl (C=O) groups excluding carboxylic acids is 1. The Labute approximate surface area is 187 Å². The van der Waals surface area contributed by atoms with E-state index in [1.807, 2.05) is 47.0 Å². The van der Waals surface area contributed by atoms with Crippen LogP contribution < -0.4 is 10.1 Å². The largest absolute Gasteiger partial charge is 0.497 e. The van der Waals surface area contributed by atoms with Crippen molar-refractivity contribution in [2.45, 2.75) is 49.6 Å². The van der Waals surface area contributed by atoms with Gasteiger partial charge in [-0.3, -0.25) is 9.36 Å². The zero-order valence-corrected chi connectivity index (χ0v) is 18.6. The van der Waals surface area contributed by atoms with Gasteiger partial charge in [-0.25, -0.2) is 0 Å². The van der Waals surface area contributed by atoms with Gasteiger partial charge in [0, 0.05) is 17.9 Å². The fourth-order valence-corrected chi connectivity index (χ4v) is 4.87. The summed E-state index contributed by atoms with van der Waals surface area (Å²) in [6.07, 6.45) is 5.41. The molecule has 31 heavy (non-hydrogen) atoms. The lowest BCUT2D eigenvalue weighted by molar-refractivity contribution is -0.122. The Hall–Kier alpha value is -2.80. The van der Waals surface area contributed by atoms with Crippen LogP contribution in [0.5, 0.6) is 5.75 Å². The summed E-state index contributed by atoms with van der Waals surface area (Å²) in [6, 6.07) is 18.1. The van der Waals surface area contributed by atoms with Crippen LogP contribution >= 0.6 is 11.8 Å². The molecule has 1 amide bonds. The van der Waals surface area contributed by atoms with Crippen LogP contribution in [0.3, 0.4) is 0 Å². The molecule has 0 radical (unpaired) electrons. The maximum absolute atomic E-state index is 12.4. The van der Waals surface area contributed by atoms with E-state index in [4.69, 9.17) is 4.74 Å². The molecule has 0 bridgehead atoms. The van der Waals surface area contributed by atoms with E-state index in [1.165, 1.54) is 18.4 Å². The third-order valence-corrected chi connectivity index (χ3v) is 6.63. The molecule has 1 aliphatic carbocycles. The normalized spacial score (nSPS) is 14.0. The van der Waals surface area contributed by atoms with Gasteiger partial charge in [-0.1, -0.05) is 54.9 Å². The highest BCUT2D eigenvalue weighted by molar-refractivity contribution is 7.98. The van der Waals surface area contributed by atoms with Crippen LogP contribution in [0.15, 0.2) is 59.8 Å². The number of amides is 1. The van der Waals surface area contributed by atoms with Gasteiger partial charge in [0.2, 0.25) is 5.91 Å². The number of hydrogen-bond acceptors (Lipinski definition) is 5. The van der Waals surface area contributed by atoms with Crippen molar-refractivity contribution in [2.24, 2.45) is 5.92 Å². The van der Waals surface area contributed by atoms with E-state index >= 15 is 0 Å². The van der Waals surface area contributed by atoms with E-state index in [2.05, 4.69) is 27.6 Å². The SMILES string of the molecule is COc1ccc(-n2c(CNC(=O)CC3CCCC3)nnc2SCc2ccccc2)cc1. The Morgan fingerprint density at radius 1 is 1.10 bits per heavy atom. The molecule has 0 atom stereocenters. The van der Waals surface area contributed by atoms with Crippen molar-refractivity contribution in [3.05, 3.63) is 66.0 Å². The second-order valence-electron chi connectivity index (χ2n) is 7.84. The number of hydrogen-bond donors (Lipinski definition) is 1. The van der Waals surface area contributed by atoms with Crippen molar-refractivity contribution in [3.63, 3.8) is 0 Å². The molecule has 1 aromatic heterocycles. The number of nitrogens with zero attached hydrogens (tertiary/aromatic N) is 3. The molecule has 4 rings (SSSR count). The highest BCUT2D eigenvalue weighted by Gasteiger charge is 2.20. The molecule has 1 heterocycles. The minimum atomic E-state index is 0.0923. The Kier molecular flexibility index (Phi) is 7.25. The van der Waals surface area contributed by atoms with Gasteiger partial charge in [0.1, 0.15) is 5.75 Å². The van der Waals surface area contributed by atoms with Gasteiger partial charge in [-0.2, -0.15) is 0 Å². The summed E-state index contributed by atoms with van der Waals surface area (Å²) >= 11 is 1.63. The molecule has 1 aliphatic rings. The van der Waals surface area contributed by atoms with Crippen molar-refractivity contribution in [3.8, 4) is 11.4 Å². The predicted octanol–water partition coefficient (Wildman–Crippen LogP) is 4.76. The molecule has 0 saturated heterocycles. The molecule has 0 unspecified atom stereocenters. The molecular weight excluding hydrogens is 408 g/mol. The van der Waals surface area contributed by atoms with Crippen LogP contribution in [-0.2, 0) is 17.1 Å². The van der Waals surface area contributed by atoms with Crippen molar-refractivity contribution in [1.82, 2.24) is 20.1 Å². The zero-order chi connectivity index (χ0) is 21.5. The van der Waals surface area contributed by atoms with Crippen molar-refractivity contribution in [1.29, 1.82) is 0 Å². The molecule has 162 valence electrons. The van der Waals surface area contributed by atoms with E-state index in [0.717, 1.165) is 41.0 Å². The molecule has 2 aromatic carbocycles. The zero-order valence-electron chi connectivity index (χ0n) is 17.8. The minimum Gasteiger partial charge on any atom is -0.497 e. The topological polar surface area (TPSA) is 69.0 Å². The van der Waals surface area contributed by atoms with Gasteiger partial charge >= 0.3 is 0 Å². The number of rotatable bonds is 9. The quantitative estimate of drug-likeness (QED) is 0.490. The molecule has 3 aromatic rings. The van der Waals surface area contributed by atoms with Crippen molar-refractivity contribution >= 4 is 17.7 Å². The Morgan fingerprint density at radius 2 is 1.84 bits per heavy atom. The second-order valence-corrected chi connectivity index (χ2v) is 8.78. The number of methoxy groups -OCH3 is 1. The van der Waals surface area contributed by atoms with E-state index < -0.39 is 0 Å². The first-order valence-corrected chi connectivity index (χ1v) is 11.7. The molecule has 7 heteroatoms. The minimum absolute atomic E-state index is 0.0923. The Bertz CT molecular complexity index is 983. The predicted molar refractivity (Wildman–Crippen MR) is 122 cm³/mol. The first-order valence-electron chi connectivity index (χ1n) is 10.7. The summed E-state index contributed by atoms with van der Waals surface area (Å²) in [6.45, 7) is 0.358. The average molecular weight is 437 g/mol. The van der Waals surface area contributed by atoms with Gasteiger partial charge < -0.3 is 10.1 Å². The average Bonchev–Trinajstić information content (AvgIpc) is 3.47. The summed E-state index contributed by atoms with van der Waals surface area (Å²) in [5, 5.41) is 12.7. The lowest BCUT2D eigenvalue weighted by atomic mass is 10.0. The number of benzene rings is 2. The fourth-order valence-electron chi connectivity index (χ4n) is 3.95. The summed E-state index contributed by atoms with van der Waals surface area (Å²) in [5.74, 6) is 2.93. The van der Waals surface area contributed by atoms with Gasteiger partial charge in [-0.15, -0.1) is 10.2 Å². The van der Waals surface area contributed by atoms with Crippen LogP contribution in [-0.4, -0.2) is 27.8 Å². The first kappa shape index (κ1) is 21.4. The van der Waals surface area contributed by atoms with E-state index in [9.17, 15) is 4.79 Å². The van der Waals surface area contributed by atoms with Gasteiger partial charge in [-0.05, 0) is 48.6 Å². The van der Waals surface area contributed by atoms with Crippen LogP contribution in [0.25, 0.3) is 5.69 Å². The number of aromatic nitrogens is 3. The molecule has 1 saturated carbocycles. The van der Waals surface area contributed by atoms with Crippen molar-refractivity contribution < 1.29 is 9.53 Å². The summed E-state index contributed by atoms with van der Waals surface area (Å²) in [4.78, 5) is 12.4. The number of thioether (sulfide) groups is 1. The first-order chi connectivity index (χ1) is 15.2. The van der Waals surface area contributed by atoms with E-state index in [-0.39, 0.29) is 5.91 Å². The number of nitrogens with one attached hydrogen (secondary N) is 1. The third kappa shape index (κ3) is 5.67. The van der Waals surface area contributed by atoms with Gasteiger partial charge in [0.15, 0.2) is 11.0 Å². The third-order valence-electron chi connectivity index (χ3n) is 5.63. The highest BCUT2D eigenvalue weighted by atomic mass is 32.2. The highest BCUT2D eigenvalue weighted by Crippen LogP contribution is 2.28. The van der Waals surface area contributed by atoms with Crippen LogP contribution in [0.4, 0.5) is 0 Å². The summed E-state index contributed by atoms with van der Waals surface area (Å²) in [5.41, 5.74) is 2.17. The monoisotopic (exact) mass is 436 g/mol. The summed E-state index contributed by atoms with van der Waals surface area (Å²) in [7, 11) is 1.65.